The Morgan fingerprint density at radius 3 is 1.31 bits per heavy atom. The molecular weight excluding hydrogens is 655 g/mol. The van der Waals surface area contributed by atoms with E-state index in [1.165, 1.54) is 11.1 Å². The Morgan fingerprint density at radius 2 is 0.923 bits per heavy atom. The van der Waals surface area contributed by atoms with Crippen molar-refractivity contribution in [3.8, 4) is 45.3 Å². The molecule has 0 saturated heterocycles. The van der Waals surface area contributed by atoms with E-state index in [0.29, 0.717) is 17.5 Å². The summed E-state index contributed by atoms with van der Waals surface area (Å²) in [7, 11) is 0. The number of aromatic nitrogens is 3. The summed E-state index contributed by atoms with van der Waals surface area (Å²) in [6.45, 7) is 13.3. The van der Waals surface area contributed by atoms with Gasteiger partial charge in [0.05, 0.1) is 0 Å². The SMILES string of the molecule is CC(C)(C)c1ccc(-c2nc(-c3c[c-]c(-c4[c-]cccc4)cc3)nc(-c3ccc(C(C)(C)C)cc3)n2)cc1.[Ir]. The molecule has 1 heterocycles. The Morgan fingerprint density at radius 1 is 0.487 bits per heavy atom. The topological polar surface area (TPSA) is 38.7 Å². The summed E-state index contributed by atoms with van der Waals surface area (Å²) >= 11 is 0. The molecule has 0 aliphatic rings. The monoisotopic (exact) mass is 688 g/mol. The normalized spacial score (nSPS) is 11.6. The van der Waals surface area contributed by atoms with Crippen molar-refractivity contribution >= 4 is 0 Å². The molecule has 39 heavy (non-hydrogen) atoms. The number of nitrogens with zero attached hydrogens (tertiary/aromatic N) is 3. The second kappa shape index (κ2) is 11.3. The molecule has 0 bridgehead atoms. The van der Waals surface area contributed by atoms with E-state index in [0.717, 1.165) is 27.8 Å². The van der Waals surface area contributed by atoms with Gasteiger partial charge in [0.25, 0.3) is 0 Å². The summed E-state index contributed by atoms with van der Waals surface area (Å²) in [6.07, 6.45) is 0. The maximum atomic E-state index is 4.91. The van der Waals surface area contributed by atoms with Crippen molar-refractivity contribution in [2.24, 2.45) is 0 Å². The summed E-state index contributed by atoms with van der Waals surface area (Å²) < 4.78 is 0. The average Bonchev–Trinajstić information content (AvgIpc) is 2.92. The van der Waals surface area contributed by atoms with Gasteiger partial charge in [0, 0.05) is 31.2 Å². The molecule has 0 unspecified atom stereocenters. The van der Waals surface area contributed by atoms with E-state index in [1.54, 1.807) is 0 Å². The number of benzene rings is 4. The summed E-state index contributed by atoms with van der Waals surface area (Å²) in [4.78, 5) is 14.7. The molecule has 1 radical (unpaired) electrons. The van der Waals surface area contributed by atoms with Crippen LogP contribution in [0.3, 0.4) is 0 Å². The summed E-state index contributed by atoms with van der Waals surface area (Å²) in [5.74, 6) is 1.95. The van der Waals surface area contributed by atoms with Crippen LogP contribution >= 0.6 is 0 Å². The van der Waals surface area contributed by atoms with Crippen LogP contribution in [0.2, 0.25) is 0 Å². The first-order chi connectivity index (χ1) is 18.1. The minimum atomic E-state index is 0. The molecule has 0 saturated carbocycles. The van der Waals surface area contributed by atoms with Gasteiger partial charge < -0.3 is 0 Å². The van der Waals surface area contributed by atoms with Gasteiger partial charge in [-0.2, -0.15) is 36.4 Å². The molecule has 0 atom stereocenters. The average molecular weight is 688 g/mol. The molecule has 4 heteroatoms. The summed E-state index contributed by atoms with van der Waals surface area (Å²) in [5, 5.41) is 0. The van der Waals surface area contributed by atoms with Crippen LogP contribution < -0.4 is 0 Å². The Labute approximate surface area is 246 Å². The molecular formula is C35H33IrN3-2. The van der Waals surface area contributed by atoms with E-state index >= 15 is 0 Å². The predicted molar refractivity (Wildman–Crippen MR) is 157 cm³/mol. The van der Waals surface area contributed by atoms with Crippen molar-refractivity contribution in [1.29, 1.82) is 0 Å². The smallest absolute Gasteiger partial charge is 0.163 e. The zero-order valence-electron chi connectivity index (χ0n) is 23.3. The van der Waals surface area contributed by atoms with Gasteiger partial charge in [-0.25, -0.2) is 26.1 Å². The van der Waals surface area contributed by atoms with Crippen molar-refractivity contribution < 1.29 is 20.1 Å². The third kappa shape index (κ3) is 6.58. The van der Waals surface area contributed by atoms with Gasteiger partial charge in [-0.3, -0.25) is 0 Å². The van der Waals surface area contributed by atoms with Crippen LogP contribution in [0.25, 0.3) is 45.3 Å². The minimum Gasteiger partial charge on any atom is -0.226 e. The molecule has 3 nitrogen and oxygen atoms in total. The van der Waals surface area contributed by atoms with Gasteiger partial charge in [0.15, 0.2) is 11.6 Å². The Balaban J connectivity index is 0.00000353. The van der Waals surface area contributed by atoms with E-state index in [4.69, 9.17) is 15.0 Å². The molecule has 0 N–H and O–H groups in total. The fourth-order valence-corrected chi connectivity index (χ4v) is 4.29. The first kappa shape index (κ1) is 28.5. The van der Waals surface area contributed by atoms with Gasteiger partial charge >= 0.3 is 0 Å². The predicted octanol–water partition coefficient (Wildman–Crippen LogP) is 8.73. The third-order valence-electron chi connectivity index (χ3n) is 6.72. The minimum absolute atomic E-state index is 0. The first-order valence-electron chi connectivity index (χ1n) is 13.0. The van der Waals surface area contributed by atoms with Crippen LogP contribution in [0.15, 0.2) is 91.0 Å². The molecule has 0 spiro atoms. The molecule has 199 valence electrons. The van der Waals surface area contributed by atoms with E-state index < -0.39 is 0 Å². The molecule has 4 aromatic carbocycles. The second-order valence-corrected chi connectivity index (χ2v) is 11.7. The largest absolute Gasteiger partial charge is 0.226 e. The van der Waals surface area contributed by atoms with Gasteiger partial charge in [0.2, 0.25) is 0 Å². The summed E-state index contributed by atoms with van der Waals surface area (Å²) in [5.41, 5.74) is 7.53. The number of hydrogen-bond donors (Lipinski definition) is 0. The first-order valence-corrected chi connectivity index (χ1v) is 13.0. The summed E-state index contributed by atoms with van der Waals surface area (Å²) in [6, 6.07) is 37.7. The zero-order valence-corrected chi connectivity index (χ0v) is 25.7. The Bertz CT molecular complexity index is 1450. The van der Waals surface area contributed by atoms with E-state index in [1.807, 2.05) is 42.5 Å². The zero-order chi connectivity index (χ0) is 26.9. The van der Waals surface area contributed by atoms with Crippen molar-refractivity contribution in [3.05, 3.63) is 114 Å². The van der Waals surface area contributed by atoms with Crippen LogP contribution in [-0.4, -0.2) is 15.0 Å². The molecule has 0 aliphatic heterocycles. The maximum Gasteiger partial charge on any atom is 0.163 e. The molecule has 1 aromatic heterocycles. The van der Waals surface area contributed by atoms with Crippen LogP contribution in [0.5, 0.6) is 0 Å². The molecule has 0 fully saturated rings. The van der Waals surface area contributed by atoms with Crippen molar-refractivity contribution in [1.82, 2.24) is 15.0 Å². The molecule has 5 aromatic rings. The molecule has 5 rings (SSSR count). The molecule has 0 aliphatic carbocycles. The fourth-order valence-electron chi connectivity index (χ4n) is 4.29. The van der Waals surface area contributed by atoms with Gasteiger partial charge in [-0.05, 0) is 22.0 Å². The van der Waals surface area contributed by atoms with Crippen molar-refractivity contribution in [2.75, 3.05) is 0 Å². The standard InChI is InChI=1S/C35H33N3.Ir/c1-34(2,3)29-20-16-27(17-21-29)32-36-31(26-14-12-25(13-15-26)24-10-8-7-9-11-24)37-33(38-32)28-18-22-30(23-19-28)35(4,5)6;/h7-10,12,14-23H,1-6H3;/q-2;. The van der Waals surface area contributed by atoms with Crippen molar-refractivity contribution in [2.45, 2.75) is 52.4 Å². The molecule has 0 amide bonds. The third-order valence-corrected chi connectivity index (χ3v) is 6.72. The number of hydrogen-bond acceptors (Lipinski definition) is 3. The van der Waals surface area contributed by atoms with Crippen LogP contribution in [0, 0.1) is 12.1 Å². The van der Waals surface area contributed by atoms with Gasteiger partial charge in [-0.1, -0.05) is 95.6 Å². The fraction of sp³-hybridized carbons (Fsp3) is 0.229. The Hall–Kier alpha value is -3.46. The van der Waals surface area contributed by atoms with Crippen LogP contribution in [0.4, 0.5) is 0 Å². The van der Waals surface area contributed by atoms with Crippen molar-refractivity contribution in [3.63, 3.8) is 0 Å². The van der Waals surface area contributed by atoms with E-state index in [-0.39, 0.29) is 30.9 Å². The number of rotatable bonds is 4. The van der Waals surface area contributed by atoms with E-state index in [9.17, 15) is 0 Å². The second-order valence-electron chi connectivity index (χ2n) is 11.7. The van der Waals surface area contributed by atoms with Crippen LogP contribution in [-0.2, 0) is 30.9 Å². The quantitative estimate of drug-likeness (QED) is 0.178. The van der Waals surface area contributed by atoms with Gasteiger partial charge in [-0.15, -0.1) is 18.2 Å². The van der Waals surface area contributed by atoms with E-state index in [2.05, 4.69) is 102 Å². The van der Waals surface area contributed by atoms with Gasteiger partial charge in [0.1, 0.15) is 5.82 Å². The van der Waals surface area contributed by atoms with Crippen LogP contribution in [0.1, 0.15) is 52.7 Å². The Kier molecular flexibility index (Phi) is 8.30. The maximum absolute atomic E-state index is 4.91.